The zero-order valence-corrected chi connectivity index (χ0v) is 11.9. The first kappa shape index (κ1) is 14.8. The van der Waals surface area contributed by atoms with E-state index in [9.17, 15) is 14.4 Å². The van der Waals surface area contributed by atoms with Crippen LogP contribution in [0.4, 0.5) is 11.4 Å². The molecule has 1 aromatic rings. The van der Waals surface area contributed by atoms with E-state index >= 15 is 0 Å². The Morgan fingerprint density at radius 1 is 1.33 bits per heavy atom. The second-order valence-corrected chi connectivity index (χ2v) is 4.74. The summed E-state index contributed by atoms with van der Waals surface area (Å²) in [5.41, 5.74) is 0.990. The number of carbonyl (C=O) groups is 3. The molecule has 3 N–H and O–H groups in total. The predicted molar refractivity (Wildman–Crippen MR) is 77.1 cm³/mol. The van der Waals surface area contributed by atoms with Gasteiger partial charge >= 0.3 is 0 Å². The van der Waals surface area contributed by atoms with Crippen LogP contribution in [0.5, 0.6) is 5.75 Å². The SMILES string of the molecule is COc1ccc(NC(C)=O)cc1NC(=O)C1CCC(=O)N1. The molecule has 1 aliphatic heterocycles. The van der Waals surface area contributed by atoms with Gasteiger partial charge in [-0.2, -0.15) is 0 Å². The van der Waals surface area contributed by atoms with Gasteiger partial charge < -0.3 is 20.7 Å². The summed E-state index contributed by atoms with van der Waals surface area (Å²) in [6, 6.07) is 4.39. The summed E-state index contributed by atoms with van der Waals surface area (Å²) in [5.74, 6) is -0.171. The Morgan fingerprint density at radius 3 is 2.67 bits per heavy atom. The van der Waals surface area contributed by atoms with Gasteiger partial charge in [-0.1, -0.05) is 0 Å². The fourth-order valence-corrected chi connectivity index (χ4v) is 2.12. The van der Waals surface area contributed by atoms with Crippen LogP contribution in [-0.2, 0) is 14.4 Å². The maximum Gasteiger partial charge on any atom is 0.247 e. The molecule has 0 aliphatic carbocycles. The normalized spacial score (nSPS) is 17.0. The summed E-state index contributed by atoms with van der Waals surface area (Å²) in [5, 5.41) is 7.94. The number of methoxy groups -OCH3 is 1. The first-order valence-electron chi connectivity index (χ1n) is 6.55. The van der Waals surface area contributed by atoms with Crippen LogP contribution in [0.2, 0.25) is 0 Å². The lowest BCUT2D eigenvalue weighted by atomic mass is 10.2. The lowest BCUT2D eigenvalue weighted by molar-refractivity contribution is -0.122. The van der Waals surface area contributed by atoms with Gasteiger partial charge in [-0.3, -0.25) is 14.4 Å². The minimum Gasteiger partial charge on any atom is -0.495 e. The molecule has 0 spiro atoms. The van der Waals surface area contributed by atoms with Crippen molar-refractivity contribution in [2.75, 3.05) is 17.7 Å². The largest absolute Gasteiger partial charge is 0.495 e. The fourth-order valence-electron chi connectivity index (χ4n) is 2.12. The monoisotopic (exact) mass is 291 g/mol. The van der Waals surface area contributed by atoms with Crippen molar-refractivity contribution in [1.82, 2.24) is 5.32 Å². The molecule has 2 rings (SSSR count). The van der Waals surface area contributed by atoms with Gasteiger partial charge in [0.2, 0.25) is 17.7 Å². The van der Waals surface area contributed by atoms with E-state index in [-0.39, 0.29) is 17.7 Å². The topological polar surface area (TPSA) is 96.5 Å². The number of amides is 3. The first-order chi connectivity index (χ1) is 9.99. The van der Waals surface area contributed by atoms with Gasteiger partial charge in [-0.15, -0.1) is 0 Å². The molecule has 0 aromatic heterocycles. The Bertz CT molecular complexity index is 586. The van der Waals surface area contributed by atoms with Crippen molar-refractivity contribution in [1.29, 1.82) is 0 Å². The van der Waals surface area contributed by atoms with Gasteiger partial charge in [-0.05, 0) is 24.6 Å². The van der Waals surface area contributed by atoms with Crippen LogP contribution in [0.15, 0.2) is 18.2 Å². The number of benzene rings is 1. The molecule has 0 bridgehead atoms. The maximum absolute atomic E-state index is 12.1. The molecule has 1 aliphatic rings. The highest BCUT2D eigenvalue weighted by Gasteiger charge is 2.27. The third kappa shape index (κ3) is 3.71. The molecule has 7 heteroatoms. The van der Waals surface area contributed by atoms with Gasteiger partial charge in [0.15, 0.2) is 0 Å². The summed E-state index contributed by atoms with van der Waals surface area (Å²) < 4.78 is 5.18. The van der Waals surface area contributed by atoms with E-state index in [1.807, 2.05) is 0 Å². The van der Waals surface area contributed by atoms with Crippen molar-refractivity contribution in [3.63, 3.8) is 0 Å². The van der Waals surface area contributed by atoms with E-state index in [0.717, 1.165) is 0 Å². The molecule has 0 radical (unpaired) electrons. The molecular formula is C14H17N3O4. The van der Waals surface area contributed by atoms with Gasteiger partial charge in [0.25, 0.3) is 0 Å². The third-order valence-electron chi connectivity index (χ3n) is 3.09. The van der Waals surface area contributed by atoms with E-state index in [0.29, 0.717) is 30.0 Å². The molecule has 1 saturated heterocycles. The third-order valence-corrected chi connectivity index (χ3v) is 3.09. The number of ether oxygens (including phenoxy) is 1. The minimum atomic E-state index is -0.536. The average Bonchev–Trinajstić information content (AvgIpc) is 2.85. The Morgan fingerprint density at radius 2 is 2.10 bits per heavy atom. The van der Waals surface area contributed by atoms with Gasteiger partial charge in [0, 0.05) is 19.0 Å². The number of hydrogen-bond acceptors (Lipinski definition) is 4. The molecule has 1 atom stereocenters. The highest BCUT2D eigenvalue weighted by molar-refractivity contribution is 6.00. The standard InChI is InChI=1S/C14H17N3O4/c1-8(18)15-9-3-5-12(21-2)11(7-9)17-14(20)10-4-6-13(19)16-10/h3,5,7,10H,4,6H2,1-2H3,(H,15,18)(H,16,19)(H,17,20). The van der Waals surface area contributed by atoms with Crippen LogP contribution in [0.3, 0.4) is 0 Å². The van der Waals surface area contributed by atoms with Gasteiger partial charge in [-0.25, -0.2) is 0 Å². The van der Waals surface area contributed by atoms with Crippen LogP contribution >= 0.6 is 0 Å². The summed E-state index contributed by atoms with van der Waals surface area (Å²) in [7, 11) is 1.49. The minimum absolute atomic E-state index is 0.130. The molecule has 1 fully saturated rings. The van der Waals surface area contributed by atoms with Crippen molar-refractivity contribution in [2.24, 2.45) is 0 Å². The van der Waals surface area contributed by atoms with E-state index in [2.05, 4.69) is 16.0 Å². The lowest BCUT2D eigenvalue weighted by Gasteiger charge is -2.15. The number of carbonyl (C=O) groups excluding carboxylic acids is 3. The second kappa shape index (κ2) is 6.25. The van der Waals surface area contributed by atoms with Crippen molar-refractivity contribution in [3.05, 3.63) is 18.2 Å². The quantitative estimate of drug-likeness (QED) is 0.767. The maximum atomic E-state index is 12.1. The van der Waals surface area contributed by atoms with Gasteiger partial charge in [0.05, 0.1) is 12.8 Å². The number of rotatable bonds is 4. The van der Waals surface area contributed by atoms with Crippen LogP contribution in [0.25, 0.3) is 0 Å². The van der Waals surface area contributed by atoms with Crippen molar-refractivity contribution in [2.45, 2.75) is 25.8 Å². The Balaban J connectivity index is 2.14. The van der Waals surface area contributed by atoms with Crippen LogP contribution in [-0.4, -0.2) is 30.9 Å². The molecule has 112 valence electrons. The Kier molecular flexibility index (Phi) is 4.42. The van der Waals surface area contributed by atoms with Crippen LogP contribution < -0.4 is 20.7 Å². The number of hydrogen-bond donors (Lipinski definition) is 3. The highest BCUT2D eigenvalue weighted by atomic mass is 16.5. The predicted octanol–water partition coefficient (Wildman–Crippen LogP) is 0.871. The average molecular weight is 291 g/mol. The molecule has 21 heavy (non-hydrogen) atoms. The molecule has 1 unspecified atom stereocenters. The molecule has 1 aromatic carbocycles. The highest BCUT2D eigenvalue weighted by Crippen LogP contribution is 2.28. The second-order valence-electron chi connectivity index (χ2n) is 4.74. The zero-order valence-electron chi connectivity index (χ0n) is 11.9. The molecule has 0 saturated carbocycles. The van der Waals surface area contributed by atoms with Crippen LogP contribution in [0, 0.1) is 0 Å². The van der Waals surface area contributed by atoms with Gasteiger partial charge in [0.1, 0.15) is 11.8 Å². The molecular weight excluding hydrogens is 274 g/mol. The van der Waals surface area contributed by atoms with Crippen molar-refractivity contribution >= 4 is 29.1 Å². The fraction of sp³-hybridized carbons (Fsp3) is 0.357. The van der Waals surface area contributed by atoms with Crippen molar-refractivity contribution in [3.8, 4) is 5.75 Å². The molecule has 1 heterocycles. The van der Waals surface area contributed by atoms with Crippen LogP contribution in [0.1, 0.15) is 19.8 Å². The van der Waals surface area contributed by atoms with E-state index in [1.54, 1.807) is 18.2 Å². The Hall–Kier alpha value is -2.57. The van der Waals surface area contributed by atoms with E-state index in [1.165, 1.54) is 14.0 Å². The molecule has 3 amide bonds. The number of nitrogens with one attached hydrogen (secondary N) is 3. The number of anilines is 2. The van der Waals surface area contributed by atoms with Crippen molar-refractivity contribution < 1.29 is 19.1 Å². The smallest absolute Gasteiger partial charge is 0.247 e. The Labute approximate surface area is 122 Å². The zero-order chi connectivity index (χ0) is 15.4. The summed E-state index contributed by atoms with van der Waals surface area (Å²) in [6.07, 6.45) is 0.819. The first-order valence-corrected chi connectivity index (χ1v) is 6.55. The summed E-state index contributed by atoms with van der Waals surface area (Å²) >= 11 is 0. The van der Waals surface area contributed by atoms with E-state index < -0.39 is 6.04 Å². The lowest BCUT2D eigenvalue weighted by Crippen LogP contribution is -2.37. The van der Waals surface area contributed by atoms with E-state index in [4.69, 9.17) is 4.74 Å². The summed E-state index contributed by atoms with van der Waals surface area (Å²) in [6.45, 7) is 1.40. The summed E-state index contributed by atoms with van der Waals surface area (Å²) in [4.78, 5) is 34.3. The molecule has 7 nitrogen and oxygen atoms in total.